The third-order valence-corrected chi connectivity index (χ3v) is 6.43. The lowest BCUT2D eigenvalue weighted by molar-refractivity contribution is -0.138. The van der Waals surface area contributed by atoms with Crippen LogP contribution in [-0.4, -0.2) is 41.4 Å². The number of methoxy groups -OCH3 is 1. The van der Waals surface area contributed by atoms with Crippen molar-refractivity contribution in [3.8, 4) is 5.75 Å². The highest BCUT2D eigenvalue weighted by Crippen LogP contribution is 2.45. The van der Waals surface area contributed by atoms with E-state index in [0.29, 0.717) is 18.7 Å². The minimum absolute atomic E-state index is 0.0125. The van der Waals surface area contributed by atoms with Gasteiger partial charge in [-0.15, -0.1) is 0 Å². The van der Waals surface area contributed by atoms with Gasteiger partial charge in [-0.2, -0.15) is 0 Å². The van der Waals surface area contributed by atoms with Crippen molar-refractivity contribution in [2.45, 2.75) is 51.6 Å². The maximum Gasteiger partial charge on any atom is 0.270 e. The minimum atomic E-state index is -0.345. The average Bonchev–Trinajstić information content (AvgIpc) is 3.03. The van der Waals surface area contributed by atoms with Crippen molar-refractivity contribution < 1.29 is 14.3 Å². The molecule has 1 aliphatic heterocycles. The molecule has 0 radical (unpaired) electrons. The van der Waals surface area contributed by atoms with Crippen molar-refractivity contribution in [2.75, 3.05) is 13.7 Å². The second-order valence-corrected chi connectivity index (χ2v) is 8.54. The Hall–Kier alpha value is -2.89. The van der Waals surface area contributed by atoms with E-state index in [0.717, 1.165) is 49.2 Å². The number of nitrogens with one attached hydrogen (secondary N) is 1. The van der Waals surface area contributed by atoms with E-state index in [9.17, 15) is 9.59 Å². The molecule has 2 aromatic rings. The zero-order valence-corrected chi connectivity index (χ0v) is 17.7. The number of hydrogen-bond acceptors (Lipinski definition) is 4. The monoisotopic (exact) mass is 407 g/mol. The highest BCUT2D eigenvalue weighted by molar-refractivity contribution is 5.92. The number of ether oxygens (including phenoxy) is 1. The lowest BCUT2D eigenvalue weighted by atomic mass is 9.71. The number of carbonyl (C=O) groups is 2. The molecule has 1 spiro atoms. The Bertz CT molecular complexity index is 928. The summed E-state index contributed by atoms with van der Waals surface area (Å²) in [4.78, 5) is 32.2. The number of amides is 2. The van der Waals surface area contributed by atoms with Gasteiger partial charge in [0, 0.05) is 24.8 Å². The molecule has 30 heavy (non-hydrogen) atoms. The Morgan fingerprint density at radius 1 is 1.23 bits per heavy atom. The number of carbonyl (C=O) groups excluding carboxylic acids is 2. The fourth-order valence-corrected chi connectivity index (χ4v) is 4.83. The standard InChI is InChI=1S/C24H29N3O3/c1-17-5-3-7-21(25-17)22(28)26-19-6-4-12-24(15-19)13-14-27(23(24)29)16-18-8-10-20(30-2)11-9-18/h3,5,7-11,19H,4,6,12-16H2,1-2H3,(H,26,28)/t19-,24?/m0/s1. The van der Waals surface area contributed by atoms with Crippen LogP contribution in [0.3, 0.4) is 0 Å². The first-order valence-corrected chi connectivity index (χ1v) is 10.7. The van der Waals surface area contributed by atoms with Gasteiger partial charge in [-0.05, 0) is 62.4 Å². The second kappa shape index (κ2) is 8.46. The number of nitrogens with zero attached hydrogens (tertiary/aromatic N) is 2. The number of hydrogen-bond donors (Lipinski definition) is 1. The summed E-state index contributed by atoms with van der Waals surface area (Å²) in [6, 6.07) is 13.3. The predicted octanol–water partition coefficient (Wildman–Crippen LogP) is 3.49. The molecular weight excluding hydrogens is 378 g/mol. The van der Waals surface area contributed by atoms with Crippen molar-refractivity contribution in [3.63, 3.8) is 0 Å². The fourth-order valence-electron chi connectivity index (χ4n) is 4.83. The second-order valence-electron chi connectivity index (χ2n) is 8.54. The van der Waals surface area contributed by atoms with Crippen LogP contribution < -0.4 is 10.1 Å². The summed E-state index contributed by atoms with van der Waals surface area (Å²) in [6.45, 7) is 3.26. The van der Waals surface area contributed by atoms with Gasteiger partial charge in [0.15, 0.2) is 0 Å². The van der Waals surface area contributed by atoms with Gasteiger partial charge >= 0.3 is 0 Å². The van der Waals surface area contributed by atoms with E-state index >= 15 is 0 Å². The lowest BCUT2D eigenvalue weighted by Crippen LogP contribution is -2.45. The Balaban J connectivity index is 1.40. The van der Waals surface area contributed by atoms with E-state index in [1.165, 1.54) is 0 Å². The summed E-state index contributed by atoms with van der Waals surface area (Å²) in [7, 11) is 1.65. The average molecular weight is 408 g/mol. The van der Waals surface area contributed by atoms with Crippen molar-refractivity contribution in [1.29, 1.82) is 0 Å². The van der Waals surface area contributed by atoms with E-state index in [2.05, 4.69) is 10.3 Å². The number of likely N-dealkylation sites (tertiary alicyclic amines) is 1. The molecular formula is C24H29N3O3. The molecule has 1 saturated heterocycles. The summed E-state index contributed by atoms with van der Waals surface area (Å²) in [5.74, 6) is 0.893. The topological polar surface area (TPSA) is 71.5 Å². The van der Waals surface area contributed by atoms with Crippen LogP contribution in [0.15, 0.2) is 42.5 Å². The first-order valence-electron chi connectivity index (χ1n) is 10.7. The molecule has 158 valence electrons. The molecule has 2 amide bonds. The van der Waals surface area contributed by atoms with Crippen LogP contribution in [0.4, 0.5) is 0 Å². The van der Waals surface area contributed by atoms with Crippen LogP contribution >= 0.6 is 0 Å². The molecule has 2 fully saturated rings. The van der Waals surface area contributed by atoms with E-state index < -0.39 is 0 Å². The number of rotatable bonds is 5. The molecule has 1 aromatic heterocycles. The Kier molecular flexibility index (Phi) is 5.75. The van der Waals surface area contributed by atoms with Crippen LogP contribution in [0.5, 0.6) is 5.75 Å². The minimum Gasteiger partial charge on any atom is -0.497 e. The largest absolute Gasteiger partial charge is 0.497 e. The summed E-state index contributed by atoms with van der Waals surface area (Å²) in [5, 5.41) is 3.13. The van der Waals surface area contributed by atoms with Crippen LogP contribution in [0.1, 0.15) is 53.8 Å². The highest BCUT2D eigenvalue weighted by Gasteiger charge is 2.49. The quantitative estimate of drug-likeness (QED) is 0.824. The Morgan fingerprint density at radius 2 is 2.03 bits per heavy atom. The van der Waals surface area contributed by atoms with Gasteiger partial charge in [0.1, 0.15) is 11.4 Å². The first kappa shape index (κ1) is 20.4. The molecule has 6 heteroatoms. The molecule has 2 aliphatic rings. The molecule has 1 aromatic carbocycles. The zero-order chi connectivity index (χ0) is 21.1. The molecule has 6 nitrogen and oxygen atoms in total. The molecule has 2 atom stereocenters. The predicted molar refractivity (Wildman–Crippen MR) is 114 cm³/mol. The third kappa shape index (κ3) is 4.18. The van der Waals surface area contributed by atoms with Gasteiger partial charge in [-0.25, -0.2) is 4.98 Å². The number of benzene rings is 1. The van der Waals surface area contributed by atoms with Gasteiger partial charge in [-0.3, -0.25) is 9.59 Å². The molecule has 1 unspecified atom stereocenters. The summed E-state index contributed by atoms with van der Waals surface area (Å²) in [6.07, 6.45) is 4.33. The number of pyridine rings is 1. The zero-order valence-electron chi connectivity index (χ0n) is 17.7. The van der Waals surface area contributed by atoms with Crippen molar-refractivity contribution >= 4 is 11.8 Å². The van der Waals surface area contributed by atoms with E-state index in [4.69, 9.17) is 4.74 Å². The van der Waals surface area contributed by atoms with Gasteiger partial charge in [0.05, 0.1) is 12.5 Å². The van der Waals surface area contributed by atoms with Gasteiger partial charge in [-0.1, -0.05) is 24.6 Å². The van der Waals surface area contributed by atoms with Crippen molar-refractivity contribution in [1.82, 2.24) is 15.2 Å². The molecule has 0 bridgehead atoms. The molecule has 1 N–H and O–H groups in total. The third-order valence-electron chi connectivity index (χ3n) is 6.43. The van der Waals surface area contributed by atoms with Crippen LogP contribution in [0.25, 0.3) is 0 Å². The van der Waals surface area contributed by atoms with Crippen molar-refractivity contribution in [2.24, 2.45) is 5.41 Å². The summed E-state index contributed by atoms with van der Waals surface area (Å²) < 4.78 is 5.21. The maximum absolute atomic E-state index is 13.3. The number of aryl methyl sites for hydroxylation is 1. The van der Waals surface area contributed by atoms with Crippen LogP contribution in [0, 0.1) is 12.3 Å². The smallest absolute Gasteiger partial charge is 0.270 e. The van der Waals surface area contributed by atoms with E-state index in [1.54, 1.807) is 13.2 Å². The Morgan fingerprint density at radius 3 is 2.77 bits per heavy atom. The Labute approximate surface area is 177 Å². The molecule has 2 heterocycles. The van der Waals surface area contributed by atoms with Crippen molar-refractivity contribution in [3.05, 3.63) is 59.4 Å². The maximum atomic E-state index is 13.3. The SMILES string of the molecule is COc1ccc(CN2CCC3(CCC[C@H](NC(=O)c4cccc(C)n4)C3)C2=O)cc1. The number of aromatic nitrogens is 1. The van der Waals surface area contributed by atoms with Gasteiger partial charge < -0.3 is 15.0 Å². The van der Waals surface area contributed by atoms with E-state index in [1.807, 2.05) is 48.2 Å². The van der Waals surface area contributed by atoms with Crippen LogP contribution in [-0.2, 0) is 11.3 Å². The fraction of sp³-hybridized carbons (Fsp3) is 0.458. The molecule has 1 saturated carbocycles. The van der Waals surface area contributed by atoms with E-state index in [-0.39, 0.29) is 23.3 Å². The van der Waals surface area contributed by atoms with Crippen LogP contribution in [0.2, 0.25) is 0 Å². The van der Waals surface area contributed by atoms with Gasteiger partial charge in [0.25, 0.3) is 5.91 Å². The van der Waals surface area contributed by atoms with Gasteiger partial charge in [0.2, 0.25) is 5.91 Å². The summed E-state index contributed by atoms with van der Waals surface area (Å²) in [5.41, 5.74) is 2.02. The highest BCUT2D eigenvalue weighted by atomic mass is 16.5. The summed E-state index contributed by atoms with van der Waals surface area (Å²) >= 11 is 0. The lowest BCUT2D eigenvalue weighted by Gasteiger charge is -2.36. The molecule has 1 aliphatic carbocycles. The normalized spacial score (nSPS) is 23.6. The molecule has 4 rings (SSSR count). The first-order chi connectivity index (χ1) is 14.5.